The zero-order chi connectivity index (χ0) is 17.7. The largest absolute Gasteiger partial charge is 0.380 e. The second kappa shape index (κ2) is 7.55. The number of hydrogen-bond donors (Lipinski definition) is 1. The fourth-order valence-electron chi connectivity index (χ4n) is 2.59. The number of carbonyl (C=O) groups is 3. The van der Waals surface area contributed by atoms with Crippen LogP contribution in [0.4, 0.5) is 0 Å². The molecule has 1 amide bonds. The first-order valence-electron chi connectivity index (χ1n) is 7.69. The standard InChI is InChI=1S/C19H20N2O3/c1-4-6-11-20-16-17(21(12-5-2)13(3)22)19(24)15-10-8-7-9-14(15)18(16)23/h4-5,7-10,20H,1-2,6,11-12H2,3H3. The monoisotopic (exact) mass is 324 g/mol. The average molecular weight is 324 g/mol. The lowest BCUT2D eigenvalue weighted by molar-refractivity contribution is -0.126. The molecule has 0 unspecified atom stereocenters. The van der Waals surface area contributed by atoms with E-state index in [9.17, 15) is 14.4 Å². The van der Waals surface area contributed by atoms with E-state index in [2.05, 4.69) is 18.5 Å². The molecule has 2 rings (SSSR count). The zero-order valence-electron chi connectivity index (χ0n) is 13.7. The van der Waals surface area contributed by atoms with Crippen molar-refractivity contribution in [2.45, 2.75) is 13.3 Å². The van der Waals surface area contributed by atoms with Crippen LogP contribution in [0.25, 0.3) is 0 Å². The van der Waals surface area contributed by atoms with Gasteiger partial charge in [-0.25, -0.2) is 0 Å². The Bertz CT molecular complexity index is 747. The molecular formula is C19H20N2O3. The molecule has 0 spiro atoms. The summed E-state index contributed by atoms with van der Waals surface area (Å²) in [6, 6.07) is 6.63. The Morgan fingerprint density at radius 2 is 1.75 bits per heavy atom. The normalized spacial score (nSPS) is 13.4. The van der Waals surface area contributed by atoms with E-state index in [1.54, 1.807) is 30.3 Å². The van der Waals surface area contributed by atoms with E-state index >= 15 is 0 Å². The molecule has 1 aliphatic rings. The summed E-state index contributed by atoms with van der Waals surface area (Å²) >= 11 is 0. The lowest BCUT2D eigenvalue weighted by Gasteiger charge is -2.28. The maximum Gasteiger partial charge on any atom is 0.224 e. The van der Waals surface area contributed by atoms with Gasteiger partial charge in [0.1, 0.15) is 11.4 Å². The lowest BCUT2D eigenvalue weighted by Crippen LogP contribution is -2.40. The minimum atomic E-state index is -0.344. The molecular weight excluding hydrogens is 304 g/mol. The molecule has 0 radical (unpaired) electrons. The number of allylic oxidation sites excluding steroid dienone is 2. The summed E-state index contributed by atoms with van der Waals surface area (Å²) in [5.74, 6) is -0.962. The molecule has 0 fully saturated rings. The van der Waals surface area contributed by atoms with Crippen molar-refractivity contribution in [3.05, 3.63) is 72.1 Å². The smallest absolute Gasteiger partial charge is 0.224 e. The Hall–Kier alpha value is -2.95. The van der Waals surface area contributed by atoms with Crippen molar-refractivity contribution in [2.75, 3.05) is 13.1 Å². The van der Waals surface area contributed by atoms with Crippen molar-refractivity contribution in [2.24, 2.45) is 0 Å². The highest BCUT2D eigenvalue weighted by Gasteiger charge is 2.35. The second-order valence-electron chi connectivity index (χ2n) is 5.35. The van der Waals surface area contributed by atoms with Gasteiger partial charge in [-0.3, -0.25) is 14.4 Å². The van der Waals surface area contributed by atoms with Gasteiger partial charge in [0.2, 0.25) is 17.5 Å². The van der Waals surface area contributed by atoms with Crippen LogP contribution in [-0.2, 0) is 4.79 Å². The molecule has 124 valence electrons. The summed E-state index contributed by atoms with van der Waals surface area (Å²) in [5.41, 5.74) is 0.879. The van der Waals surface area contributed by atoms with Crippen molar-refractivity contribution >= 4 is 17.5 Å². The third-order valence-electron chi connectivity index (χ3n) is 3.71. The summed E-state index contributed by atoms with van der Waals surface area (Å²) in [6.45, 7) is 9.22. The Balaban J connectivity index is 2.59. The quantitative estimate of drug-likeness (QED) is 0.618. The fourth-order valence-corrected chi connectivity index (χ4v) is 2.59. The third kappa shape index (κ3) is 3.20. The molecule has 24 heavy (non-hydrogen) atoms. The zero-order valence-corrected chi connectivity index (χ0v) is 13.7. The molecule has 0 saturated heterocycles. The maximum atomic E-state index is 12.9. The first kappa shape index (κ1) is 17.4. The van der Waals surface area contributed by atoms with Gasteiger partial charge >= 0.3 is 0 Å². The molecule has 5 heteroatoms. The summed E-state index contributed by atoms with van der Waals surface area (Å²) in [6.07, 6.45) is 3.86. The third-order valence-corrected chi connectivity index (χ3v) is 3.71. The number of amides is 1. The molecule has 0 aliphatic heterocycles. The van der Waals surface area contributed by atoms with Crippen molar-refractivity contribution < 1.29 is 14.4 Å². The summed E-state index contributed by atoms with van der Waals surface area (Å²) in [4.78, 5) is 39.1. The number of ketones is 2. The molecule has 1 N–H and O–H groups in total. The van der Waals surface area contributed by atoms with Gasteiger partial charge in [0.25, 0.3) is 0 Å². The summed E-state index contributed by atoms with van der Waals surface area (Å²) in [5, 5.41) is 3.00. The number of hydrogen-bond acceptors (Lipinski definition) is 4. The second-order valence-corrected chi connectivity index (χ2v) is 5.35. The highest BCUT2D eigenvalue weighted by atomic mass is 16.2. The van der Waals surface area contributed by atoms with E-state index in [1.807, 2.05) is 0 Å². The van der Waals surface area contributed by atoms with Gasteiger partial charge < -0.3 is 10.2 Å². The number of Topliss-reactive ketones (excluding diaryl/α,β-unsaturated/α-hetero) is 2. The predicted octanol–water partition coefficient (Wildman–Crippen LogP) is 2.48. The minimum Gasteiger partial charge on any atom is -0.380 e. The van der Waals surface area contributed by atoms with Gasteiger partial charge in [0, 0.05) is 31.1 Å². The summed E-state index contributed by atoms with van der Waals surface area (Å²) < 4.78 is 0. The molecule has 1 aromatic rings. The van der Waals surface area contributed by atoms with Gasteiger partial charge in [0.05, 0.1) is 0 Å². The fraction of sp³-hybridized carbons (Fsp3) is 0.211. The first-order chi connectivity index (χ1) is 11.5. The SMILES string of the molecule is C=CCCNC1=C(N(CC=C)C(C)=O)C(=O)c2ccccc2C1=O. The van der Waals surface area contributed by atoms with Gasteiger partial charge in [-0.15, -0.1) is 13.2 Å². The van der Waals surface area contributed by atoms with E-state index in [1.165, 1.54) is 17.9 Å². The topological polar surface area (TPSA) is 66.5 Å². The van der Waals surface area contributed by atoms with E-state index in [4.69, 9.17) is 0 Å². The number of rotatable bonds is 7. The number of nitrogens with one attached hydrogen (secondary N) is 1. The van der Waals surface area contributed by atoms with Gasteiger partial charge in [-0.2, -0.15) is 0 Å². The van der Waals surface area contributed by atoms with Crippen LogP contribution in [0.5, 0.6) is 0 Å². The van der Waals surface area contributed by atoms with Crippen molar-refractivity contribution in [1.29, 1.82) is 0 Å². The van der Waals surface area contributed by atoms with Crippen LogP contribution in [0.2, 0.25) is 0 Å². The molecule has 0 saturated carbocycles. The van der Waals surface area contributed by atoms with Gasteiger partial charge in [0.15, 0.2) is 0 Å². The molecule has 0 aromatic heterocycles. The highest BCUT2D eigenvalue weighted by molar-refractivity contribution is 6.27. The lowest BCUT2D eigenvalue weighted by atomic mass is 9.89. The number of nitrogens with zero attached hydrogens (tertiary/aromatic N) is 1. The van der Waals surface area contributed by atoms with Crippen LogP contribution in [-0.4, -0.2) is 35.5 Å². The van der Waals surface area contributed by atoms with E-state index in [0.717, 1.165) is 0 Å². The van der Waals surface area contributed by atoms with Crippen LogP contribution in [0.15, 0.2) is 61.0 Å². The highest BCUT2D eigenvalue weighted by Crippen LogP contribution is 2.27. The minimum absolute atomic E-state index is 0.0789. The molecule has 5 nitrogen and oxygen atoms in total. The Morgan fingerprint density at radius 3 is 2.29 bits per heavy atom. The predicted molar refractivity (Wildman–Crippen MR) is 92.5 cm³/mol. The van der Waals surface area contributed by atoms with Gasteiger partial charge in [-0.05, 0) is 6.42 Å². The first-order valence-corrected chi connectivity index (χ1v) is 7.69. The van der Waals surface area contributed by atoms with Crippen molar-refractivity contribution in [3.8, 4) is 0 Å². The Kier molecular flexibility index (Phi) is 5.47. The number of benzene rings is 1. The average Bonchev–Trinajstić information content (AvgIpc) is 2.58. The molecule has 0 atom stereocenters. The number of fused-ring (bicyclic) bond motifs is 1. The van der Waals surface area contributed by atoms with E-state index in [0.29, 0.717) is 24.1 Å². The Morgan fingerprint density at radius 1 is 1.12 bits per heavy atom. The van der Waals surface area contributed by atoms with Crippen LogP contribution < -0.4 is 5.32 Å². The molecule has 1 aliphatic carbocycles. The van der Waals surface area contributed by atoms with Crippen molar-refractivity contribution in [1.82, 2.24) is 10.2 Å². The Labute approximate surface area is 141 Å². The van der Waals surface area contributed by atoms with E-state index < -0.39 is 0 Å². The molecule has 0 bridgehead atoms. The van der Waals surface area contributed by atoms with Gasteiger partial charge in [-0.1, -0.05) is 36.4 Å². The van der Waals surface area contributed by atoms with Crippen LogP contribution in [0.3, 0.4) is 0 Å². The summed E-state index contributed by atoms with van der Waals surface area (Å²) in [7, 11) is 0. The molecule has 0 heterocycles. The molecule has 1 aromatic carbocycles. The van der Waals surface area contributed by atoms with E-state index in [-0.39, 0.29) is 35.4 Å². The maximum absolute atomic E-state index is 12.9. The van der Waals surface area contributed by atoms with Crippen LogP contribution in [0.1, 0.15) is 34.1 Å². The van der Waals surface area contributed by atoms with Crippen LogP contribution in [0, 0.1) is 0 Å². The van der Waals surface area contributed by atoms with Crippen molar-refractivity contribution in [3.63, 3.8) is 0 Å². The number of carbonyl (C=O) groups excluding carboxylic acids is 3. The van der Waals surface area contributed by atoms with Crippen LogP contribution >= 0.6 is 0 Å².